The van der Waals surface area contributed by atoms with Gasteiger partial charge in [0.25, 0.3) is 0 Å². The van der Waals surface area contributed by atoms with Gasteiger partial charge in [0.15, 0.2) is 0 Å². The van der Waals surface area contributed by atoms with E-state index in [0.717, 1.165) is 6.42 Å². The summed E-state index contributed by atoms with van der Waals surface area (Å²) >= 11 is 1.78. The first kappa shape index (κ1) is 9.27. The van der Waals surface area contributed by atoms with E-state index in [9.17, 15) is 0 Å². The third-order valence-corrected chi connectivity index (χ3v) is 2.42. The van der Waals surface area contributed by atoms with Gasteiger partial charge in [0, 0.05) is 4.88 Å². The number of aryl methyl sites for hydroxylation is 1. The van der Waals surface area contributed by atoms with Crippen molar-refractivity contribution in [3.05, 3.63) is 46.2 Å². The summed E-state index contributed by atoms with van der Waals surface area (Å²) in [4.78, 5) is 1.38. The molecular weight excluding hydrogens is 164 g/mol. The Labute approximate surface area is 78.2 Å². The number of rotatable bonds is 0. The Bertz CT molecular complexity index is 262. The lowest BCUT2D eigenvalue weighted by atomic mass is 10.3. The van der Waals surface area contributed by atoms with Crippen LogP contribution in [0.3, 0.4) is 0 Å². The fourth-order valence-electron chi connectivity index (χ4n) is 0.937. The van der Waals surface area contributed by atoms with E-state index < -0.39 is 0 Å². The lowest BCUT2D eigenvalue weighted by Gasteiger charge is -1.72. The summed E-state index contributed by atoms with van der Waals surface area (Å²) in [5.41, 5.74) is 1.40. The fraction of sp³-hybridized carbons (Fsp3) is 0.273. The molecule has 0 aromatic carbocycles. The van der Waals surface area contributed by atoms with E-state index in [-0.39, 0.29) is 0 Å². The standard InChI is InChI=1S/C6H8.C5H6S/c1-6-4-2-3-5-6;1-5-3-2-4-6-5/h2,4-5H,3H2,1H3;2-4H,1H3. The molecule has 0 radical (unpaired) electrons. The van der Waals surface area contributed by atoms with Gasteiger partial charge in [-0.1, -0.05) is 29.9 Å². The Morgan fingerprint density at radius 2 is 2.17 bits per heavy atom. The van der Waals surface area contributed by atoms with Crippen molar-refractivity contribution in [2.75, 3.05) is 0 Å². The summed E-state index contributed by atoms with van der Waals surface area (Å²) in [5.74, 6) is 0. The van der Waals surface area contributed by atoms with Crippen molar-refractivity contribution in [2.24, 2.45) is 0 Å². The molecule has 1 aliphatic carbocycles. The van der Waals surface area contributed by atoms with E-state index in [2.05, 4.69) is 49.6 Å². The molecule has 0 N–H and O–H groups in total. The average molecular weight is 178 g/mol. The maximum atomic E-state index is 2.21. The van der Waals surface area contributed by atoms with Crippen LogP contribution in [-0.4, -0.2) is 0 Å². The minimum atomic E-state index is 1.14. The number of allylic oxidation sites excluding steroid dienone is 4. The molecule has 0 aliphatic heterocycles. The lowest BCUT2D eigenvalue weighted by molar-refractivity contribution is 1.42. The largest absolute Gasteiger partial charge is 0.149 e. The zero-order valence-corrected chi connectivity index (χ0v) is 8.40. The smallest absolute Gasteiger partial charge is 0.00141 e. The molecule has 1 aromatic rings. The average Bonchev–Trinajstić information content (AvgIpc) is 2.63. The predicted octanol–water partition coefficient (Wildman–Crippen LogP) is 3.95. The topological polar surface area (TPSA) is 0 Å². The first-order valence-electron chi connectivity index (χ1n) is 4.12. The van der Waals surface area contributed by atoms with Crippen LogP contribution in [0, 0.1) is 6.92 Å². The van der Waals surface area contributed by atoms with Crippen molar-refractivity contribution in [1.29, 1.82) is 0 Å². The molecular formula is C11H14S. The first-order valence-corrected chi connectivity index (χ1v) is 5.00. The van der Waals surface area contributed by atoms with Gasteiger partial charge >= 0.3 is 0 Å². The molecule has 0 fully saturated rings. The quantitative estimate of drug-likeness (QED) is 0.564. The van der Waals surface area contributed by atoms with Crippen molar-refractivity contribution in [2.45, 2.75) is 20.3 Å². The highest BCUT2D eigenvalue weighted by Crippen LogP contribution is 2.05. The Kier molecular flexibility index (Phi) is 3.81. The van der Waals surface area contributed by atoms with Crippen LogP contribution in [0.1, 0.15) is 18.2 Å². The zero-order chi connectivity index (χ0) is 8.81. The molecule has 0 unspecified atom stereocenters. The van der Waals surface area contributed by atoms with E-state index in [1.807, 2.05) is 0 Å². The van der Waals surface area contributed by atoms with E-state index >= 15 is 0 Å². The number of hydrogen-bond donors (Lipinski definition) is 0. The second-order valence-electron chi connectivity index (χ2n) is 2.81. The van der Waals surface area contributed by atoms with E-state index in [0.29, 0.717) is 0 Å². The summed E-state index contributed by atoms with van der Waals surface area (Å²) in [5, 5.41) is 2.08. The molecule has 0 amide bonds. The molecule has 1 heterocycles. The van der Waals surface area contributed by atoms with Crippen molar-refractivity contribution in [3.8, 4) is 0 Å². The van der Waals surface area contributed by atoms with Gasteiger partial charge < -0.3 is 0 Å². The summed E-state index contributed by atoms with van der Waals surface area (Å²) in [6.45, 7) is 4.22. The molecule has 0 saturated carbocycles. The van der Waals surface area contributed by atoms with Gasteiger partial charge in [-0.3, -0.25) is 0 Å². The fourth-order valence-corrected chi connectivity index (χ4v) is 1.47. The monoisotopic (exact) mass is 178 g/mol. The second-order valence-corrected chi connectivity index (χ2v) is 3.96. The highest BCUT2D eigenvalue weighted by molar-refractivity contribution is 7.09. The number of thiophene rings is 1. The second kappa shape index (κ2) is 4.94. The summed E-state index contributed by atoms with van der Waals surface area (Å²) < 4.78 is 0. The Hall–Kier alpha value is -0.820. The summed E-state index contributed by atoms with van der Waals surface area (Å²) in [6, 6.07) is 4.16. The van der Waals surface area contributed by atoms with Gasteiger partial charge in [-0.25, -0.2) is 0 Å². The molecule has 0 nitrogen and oxygen atoms in total. The van der Waals surface area contributed by atoms with Gasteiger partial charge in [0.2, 0.25) is 0 Å². The summed E-state index contributed by atoms with van der Waals surface area (Å²) in [6.07, 6.45) is 7.65. The normalized spacial score (nSPS) is 13.7. The van der Waals surface area contributed by atoms with Crippen LogP contribution < -0.4 is 0 Å². The molecule has 2 rings (SSSR count). The van der Waals surface area contributed by atoms with E-state index in [1.165, 1.54) is 10.5 Å². The minimum Gasteiger partial charge on any atom is -0.149 e. The van der Waals surface area contributed by atoms with Crippen LogP contribution in [0.15, 0.2) is 41.3 Å². The molecule has 0 bridgehead atoms. The predicted molar refractivity (Wildman–Crippen MR) is 56.6 cm³/mol. The van der Waals surface area contributed by atoms with Gasteiger partial charge in [-0.05, 0) is 31.7 Å². The van der Waals surface area contributed by atoms with Crippen molar-refractivity contribution in [1.82, 2.24) is 0 Å². The zero-order valence-electron chi connectivity index (χ0n) is 7.58. The van der Waals surface area contributed by atoms with Crippen molar-refractivity contribution >= 4 is 11.3 Å². The van der Waals surface area contributed by atoms with E-state index in [4.69, 9.17) is 0 Å². The molecule has 1 heteroatoms. The van der Waals surface area contributed by atoms with Crippen LogP contribution >= 0.6 is 11.3 Å². The highest BCUT2D eigenvalue weighted by atomic mass is 32.1. The highest BCUT2D eigenvalue weighted by Gasteiger charge is 1.84. The molecule has 0 spiro atoms. The third kappa shape index (κ3) is 3.54. The van der Waals surface area contributed by atoms with Crippen molar-refractivity contribution < 1.29 is 0 Å². The molecule has 64 valence electrons. The van der Waals surface area contributed by atoms with Gasteiger partial charge in [0.05, 0.1) is 0 Å². The maximum Gasteiger partial charge on any atom is 0.00141 e. The maximum absolute atomic E-state index is 2.21. The summed E-state index contributed by atoms with van der Waals surface area (Å²) in [7, 11) is 0. The first-order chi connectivity index (χ1) is 5.79. The Morgan fingerprint density at radius 1 is 1.33 bits per heavy atom. The molecule has 0 atom stereocenters. The molecule has 1 aromatic heterocycles. The molecule has 12 heavy (non-hydrogen) atoms. The van der Waals surface area contributed by atoms with Crippen LogP contribution in [-0.2, 0) is 0 Å². The van der Waals surface area contributed by atoms with Crippen LogP contribution in [0.5, 0.6) is 0 Å². The lowest BCUT2D eigenvalue weighted by Crippen LogP contribution is -1.51. The minimum absolute atomic E-state index is 1.14. The SMILES string of the molecule is CC1=CCC=C1.Cc1cccs1. The number of hydrogen-bond acceptors (Lipinski definition) is 1. The Balaban J connectivity index is 0.000000120. The van der Waals surface area contributed by atoms with Gasteiger partial charge in [-0.2, -0.15) is 0 Å². The third-order valence-electron chi connectivity index (χ3n) is 1.62. The van der Waals surface area contributed by atoms with Gasteiger partial charge in [-0.15, -0.1) is 11.3 Å². The molecule has 0 saturated heterocycles. The molecule has 1 aliphatic rings. The van der Waals surface area contributed by atoms with Crippen molar-refractivity contribution in [3.63, 3.8) is 0 Å². The van der Waals surface area contributed by atoms with Crippen LogP contribution in [0.4, 0.5) is 0 Å². The van der Waals surface area contributed by atoms with Gasteiger partial charge in [0.1, 0.15) is 0 Å². The van der Waals surface area contributed by atoms with Crippen LogP contribution in [0.25, 0.3) is 0 Å². The Morgan fingerprint density at radius 3 is 2.33 bits per heavy atom. The van der Waals surface area contributed by atoms with E-state index in [1.54, 1.807) is 11.3 Å². The van der Waals surface area contributed by atoms with Crippen LogP contribution in [0.2, 0.25) is 0 Å².